The van der Waals surface area contributed by atoms with E-state index in [9.17, 15) is 4.39 Å². The molecule has 146 valence electrons. The highest BCUT2D eigenvalue weighted by Crippen LogP contribution is 2.22. The molecule has 1 aliphatic carbocycles. The molecule has 0 bridgehead atoms. The zero-order valence-electron chi connectivity index (χ0n) is 18.3. The van der Waals surface area contributed by atoms with E-state index in [1.54, 1.807) is 13.0 Å². The SMILES string of the molecule is CC.CC.CC.CC1=CC(CO)=C(C)CC1.Cc1ccc(C)c(F)c1. The lowest BCUT2D eigenvalue weighted by molar-refractivity contribution is 0.332. The average molecular weight is 353 g/mol. The molecule has 1 aromatic rings. The minimum atomic E-state index is -0.116. The molecular formula is C23H41FO. The monoisotopic (exact) mass is 352 g/mol. The van der Waals surface area contributed by atoms with E-state index in [-0.39, 0.29) is 12.4 Å². The molecule has 0 saturated heterocycles. The summed E-state index contributed by atoms with van der Waals surface area (Å²) in [6.07, 6.45) is 4.38. The molecule has 25 heavy (non-hydrogen) atoms. The summed E-state index contributed by atoms with van der Waals surface area (Å²) in [5.74, 6) is -0.116. The Labute approximate surface area is 156 Å². The summed E-state index contributed by atoms with van der Waals surface area (Å²) >= 11 is 0. The molecule has 0 unspecified atom stereocenters. The Morgan fingerprint density at radius 2 is 1.40 bits per heavy atom. The zero-order chi connectivity index (χ0) is 20.4. The van der Waals surface area contributed by atoms with Gasteiger partial charge in [-0.25, -0.2) is 4.39 Å². The van der Waals surface area contributed by atoms with Gasteiger partial charge in [0.25, 0.3) is 0 Å². The molecule has 0 saturated carbocycles. The summed E-state index contributed by atoms with van der Waals surface area (Å²) < 4.78 is 12.6. The van der Waals surface area contributed by atoms with Gasteiger partial charge in [0.15, 0.2) is 0 Å². The molecule has 2 rings (SSSR count). The average Bonchev–Trinajstić information content (AvgIpc) is 2.66. The maximum atomic E-state index is 12.6. The van der Waals surface area contributed by atoms with Crippen molar-refractivity contribution in [1.82, 2.24) is 0 Å². The Balaban J connectivity index is -0.000000299. The first-order chi connectivity index (χ1) is 11.9. The largest absolute Gasteiger partial charge is 0.392 e. The number of halogens is 1. The molecule has 1 aliphatic rings. The van der Waals surface area contributed by atoms with Crippen molar-refractivity contribution in [3.63, 3.8) is 0 Å². The molecule has 0 atom stereocenters. The highest BCUT2D eigenvalue weighted by Gasteiger charge is 2.05. The lowest BCUT2D eigenvalue weighted by Gasteiger charge is -2.13. The normalized spacial score (nSPS) is 11.9. The number of allylic oxidation sites excluding steroid dienone is 2. The predicted molar refractivity (Wildman–Crippen MR) is 113 cm³/mol. The summed E-state index contributed by atoms with van der Waals surface area (Å²) in [5.41, 5.74) is 5.52. The Hall–Kier alpha value is -1.41. The fourth-order valence-electron chi connectivity index (χ4n) is 1.92. The van der Waals surface area contributed by atoms with Gasteiger partial charge in [-0.15, -0.1) is 0 Å². The maximum absolute atomic E-state index is 12.6. The van der Waals surface area contributed by atoms with Crippen LogP contribution in [0.2, 0.25) is 0 Å². The van der Waals surface area contributed by atoms with E-state index in [1.807, 2.05) is 54.5 Å². The molecule has 0 aromatic heterocycles. The number of aliphatic hydroxyl groups excluding tert-OH is 1. The van der Waals surface area contributed by atoms with Crippen LogP contribution >= 0.6 is 0 Å². The molecule has 0 aliphatic heterocycles. The predicted octanol–water partition coefficient (Wildman–Crippen LogP) is 7.56. The van der Waals surface area contributed by atoms with Crippen molar-refractivity contribution in [3.05, 3.63) is 57.9 Å². The van der Waals surface area contributed by atoms with E-state index in [0.717, 1.165) is 24.0 Å². The molecule has 1 nitrogen and oxygen atoms in total. The second kappa shape index (κ2) is 18.9. The molecule has 1 N–H and O–H groups in total. The first-order valence-corrected chi connectivity index (χ1v) is 9.63. The van der Waals surface area contributed by atoms with Crippen molar-refractivity contribution in [2.45, 2.75) is 82.1 Å². The molecule has 0 heterocycles. The smallest absolute Gasteiger partial charge is 0.126 e. The second-order valence-electron chi connectivity index (χ2n) is 5.21. The van der Waals surface area contributed by atoms with Crippen LogP contribution in [0.4, 0.5) is 4.39 Å². The third-order valence-corrected chi connectivity index (χ3v) is 3.36. The summed E-state index contributed by atoms with van der Waals surface area (Å²) in [7, 11) is 0. The van der Waals surface area contributed by atoms with Crippen LogP contribution in [-0.4, -0.2) is 11.7 Å². The molecule has 1 aromatic carbocycles. The van der Waals surface area contributed by atoms with E-state index in [2.05, 4.69) is 19.9 Å². The number of hydrogen-bond acceptors (Lipinski definition) is 1. The highest BCUT2D eigenvalue weighted by molar-refractivity contribution is 5.32. The van der Waals surface area contributed by atoms with E-state index in [1.165, 1.54) is 17.2 Å². The summed E-state index contributed by atoms with van der Waals surface area (Å²) in [4.78, 5) is 0. The minimum absolute atomic E-state index is 0.116. The van der Waals surface area contributed by atoms with Crippen molar-refractivity contribution in [2.75, 3.05) is 6.61 Å². The van der Waals surface area contributed by atoms with Crippen LogP contribution in [0, 0.1) is 19.7 Å². The number of aryl methyl sites for hydroxylation is 2. The number of aliphatic hydroxyl groups is 1. The summed E-state index contributed by atoms with van der Waals surface area (Å²) in [6, 6.07) is 5.22. The van der Waals surface area contributed by atoms with Gasteiger partial charge < -0.3 is 5.11 Å². The third-order valence-electron chi connectivity index (χ3n) is 3.36. The number of rotatable bonds is 1. The van der Waals surface area contributed by atoms with Crippen LogP contribution < -0.4 is 0 Å². The first-order valence-electron chi connectivity index (χ1n) is 9.63. The van der Waals surface area contributed by atoms with Crippen molar-refractivity contribution in [1.29, 1.82) is 0 Å². The van der Waals surface area contributed by atoms with Gasteiger partial charge in [-0.05, 0) is 63.3 Å². The van der Waals surface area contributed by atoms with Crippen LogP contribution in [-0.2, 0) is 0 Å². The van der Waals surface area contributed by atoms with Crippen LogP contribution in [0.1, 0.15) is 79.4 Å². The summed E-state index contributed by atoms with van der Waals surface area (Å²) in [6.45, 7) is 20.0. The Kier molecular flexibility index (Phi) is 21.5. The minimum Gasteiger partial charge on any atom is -0.392 e. The van der Waals surface area contributed by atoms with Gasteiger partial charge in [-0.3, -0.25) is 0 Å². The molecule has 0 amide bonds. The fourth-order valence-corrected chi connectivity index (χ4v) is 1.92. The van der Waals surface area contributed by atoms with E-state index < -0.39 is 0 Å². The van der Waals surface area contributed by atoms with Crippen molar-refractivity contribution in [3.8, 4) is 0 Å². The van der Waals surface area contributed by atoms with Gasteiger partial charge in [0.05, 0.1) is 6.61 Å². The molecule has 0 fully saturated rings. The van der Waals surface area contributed by atoms with Crippen LogP contribution in [0.3, 0.4) is 0 Å². The van der Waals surface area contributed by atoms with Crippen molar-refractivity contribution in [2.24, 2.45) is 0 Å². The number of hydrogen-bond donors (Lipinski definition) is 1. The van der Waals surface area contributed by atoms with Crippen LogP contribution in [0.15, 0.2) is 41.0 Å². The topological polar surface area (TPSA) is 20.2 Å². The molecule has 0 spiro atoms. The van der Waals surface area contributed by atoms with Crippen LogP contribution in [0.5, 0.6) is 0 Å². The lowest BCUT2D eigenvalue weighted by Crippen LogP contribution is -1.98. The third kappa shape index (κ3) is 13.5. The van der Waals surface area contributed by atoms with Crippen LogP contribution in [0.25, 0.3) is 0 Å². The van der Waals surface area contributed by atoms with Gasteiger partial charge in [0.1, 0.15) is 5.82 Å². The van der Waals surface area contributed by atoms with E-state index in [4.69, 9.17) is 5.11 Å². The second-order valence-corrected chi connectivity index (χ2v) is 5.21. The number of benzene rings is 1. The molecule has 2 heteroatoms. The van der Waals surface area contributed by atoms with Crippen molar-refractivity contribution >= 4 is 0 Å². The van der Waals surface area contributed by atoms with Gasteiger partial charge in [0.2, 0.25) is 0 Å². The van der Waals surface area contributed by atoms with Gasteiger partial charge >= 0.3 is 0 Å². The first kappa shape index (κ1) is 28.4. The maximum Gasteiger partial charge on any atom is 0.126 e. The standard InChI is InChI=1S/C9H14O.C8H9F.3C2H6/c1-7-3-4-8(2)9(5-7)6-10;1-6-3-4-7(2)8(9)5-6;3*1-2/h5,10H,3-4,6H2,1-2H3;3-5H,1-2H3;3*1-2H3. The van der Waals surface area contributed by atoms with Gasteiger partial charge in [-0.2, -0.15) is 0 Å². The van der Waals surface area contributed by atoms with Gasteiger partial charge in [-0.1, -0.05) is 70.9 Å². The Morgan fingerprint density at radius 1 is 0.880 bits per heavy atom. The fraction of sp³-hybridized carbons (Fsp3) is 0.565. The van der Waals surface area contributed by atoms with Crippen molar-refractivity contribution < 1.29 is 9.50 Å². The highest BCUT2D eigenvalue weighted by atomic mass is 19.1. The Morgan fingerprint density at radius 3 is 1.76 bits per heavy atom. The molecule has 0 radical (unpaired) electrons. The summed E-state index contributed by atoms with van der Waals surface area (Å²) in [5, 5.41) is 8.88. The zero-order valence-corrected chi connectivity index (χ0v) is 18.3. The molecular weight excluding hydrogens is 311 g/mol. The Bertz CT molecular complexity index is 499. The lowest BCUT2D eigenvalue weighted by atomic mass is 9.95. The van der Waals surface area contributed by atoms with E-state index in [0.29, 0.717) is 5.56 Å². The quantitative estimate of drug-likeness (QED) is 0.553. The van der Waals surface area contributed by atoms with Gasteiger partial charge in [0, 0.05) is 0 Å². The van der Waals surface area contributed by atoms with E-state index >= 15 is 0 Å².